The van der Waals surface area contributed by atoms with Gasteiger partial charge in [0.05, 0.1) is 24.1 Å². The molecule has 2 aromatic carbocycles. The first kappa shape index (κ1) is 20.9. The summed E-state index contributed by atoms with van der Waals surface area (Å²) in [6.07, 6.45) is 0.863. The van der Waals surface area contributed by atoms with Crippen LogP contribution in [0.4, 0.5) is 20.2 Å². The molecule has 27 heavy (non-hydrogen) atoms. The predicted molar refractivity (Wildman–Crippen MR) is 99.8 cm³/mol. The lowest BCUT2D eigenvalue weighted by atomic mass is 10.2. The lowest BCUT2D eigenvalue weighted by Crippen LogP contribution is -2.45. The average Bonchev–Trinajstić information content (AvgIpc) is 2.57. The summed E-state index contributed by atoms with van der Waals surface area (Å²) in [6, 6.07) is 5.83. The van der Waals surface area contributed by atoms with Crippen molar-refractivity contribution in [1.82, 2.24) is 0 Å². The summed E-state index contributed by atoms with van der Waals surface area (Å²) in [4.78, 5) is 12.5. The van der Waals surface area contributed by atoms with Gasteiger partial charge in [0, 0.05) is 11.8 Å². The molecule has 0 saturated carbocycles. The zero-order valence-corrected chi connectivity index (χ0v) is 16.2. The Morgan fingerprint density at radius 2 is 1.85 bits per heavy atom. The maximum absolute atomic E-state index is 13.5. The molecule has 0 aliphatic heterocycles. The number of sulfonamides is 1. The standard InChI is InChI=1S/C17H17ClF2N2O4S/c1-10(17(23)21-11-4-7-16(26-2)13(18)8-11)22(27(3,24)25)12-5-6-14(19)15(20)9-12/h4-10H,1-3H3,(H,21,23)/t10-/m0/s1. The minimum absolute atomic E-state index is 0.174. The average molecular weight is 419 g/mol. The molecule has 1 atom stereocenters. The van der Waals surface area contributed by atoms with E-state index in [2.05, 4.69) is 5.32 Å². The van der Waals surface area contributed by atoms with Gasteiger partial charge in [-0.1, -0.05) is 11.6 Å². The topological polar surface area (TPSA) is 75.7 Å². The molecule has 0 unspecified atom stereocenters. The third-order valence-electron chi connectivity index (χ3n) is 3.67. The van der Waals surface area contributed by atoms with Crippen LogP contribution in [0.3, 0.4) is 0 Å². The molecule has 2 rings (SSSR count). The lowest BCUT2D eigenvalue weighted by molar-refractivity contribution is -0.116. The van der Waals surface area contributed by atoms with Gasteiger partial charge in [-0.3, -0.25) is 9.10 Å². The van der Waals surface area contributed by atoms with Crippen LogP contribution >= 0.6 is 11.6 Å². The van der Waals surface area contributed by atoms with E-state index in [4.69, 9.17) is 16.3 Å². The second-order valence-corrected chi connectivity index (χ2v) is 7.94. The van der Waals surface area contributed by atoms with Crippen molar-refractivity contribution in [2.45, 2.75) is 13.0 Å². The van der Waals surface area contributed by atoms with E-state index in [0.717, 1.165) is 18.4 Å². The van der Waals surface area contributed by atoms with Crippen LogP contribution in [0.1, 0.15) is 6.92 Å². The molecule has 0 spiro atoms. The van der Waals surface area contributed by atoms with E-state index in [1.165, 1.54) is 32.2 Å². The van der Waals surface area contributed by atoms with Gasteiger partial charge < -0.3 is 10.1 Å². The van der Waals surface area contributed by atoms with E-state index in [0.29, 0.717) is 21.8 Å². The molecule has 10 heteroatoms. The highest BCUT2D eigenvalue weighted by Crippen LogP contribution is 2.28. The van der Waals surface area contributed by atoms with Crippen molar-refractivity contribution in [3.8, 4) is 5.75 Å². The molecule has 1 N–H and O–H groups in total. The van der Waals surface area contributed by atoms with Crippen molar-refractivity contribution in [3.05, 3.63) is 53.1 Å². The molecule has 0 saturated heterocycles. The number of benzene rings is 2. The van der Waals surface area contributed by atoms with E-state index < -0.39 is 33.6 Å². The highest BCUT2D eigenvalue weighted by molar-refractivity contribution is 7.92. The molecule has 0 aliphatic rings. The molecule has 0 heterocycles. The Hall–Kier alpha value is -2.39. The number of amides is 1. The van der Waals surface area contributed by atoms with Crippen molar-refractivity contribution < 1.29 is 26.7 Å². The third kappa shape index (κ3) is 4.86. The maximum atomic E-state index is 13.5. The van der Waals surface area contributed by atoms with Gasteiger partial charge >= 0.3 is 0 Å². The number of hydrogen-bond acceptors (Lipinski definition) is 4. The summed E-state index contributed by atoms with van der Waals surface area (Å²) in [7, 11) is -2.53. The third-order valence-corrected chi connectivity index (χ3v) is 5.20. The molecule has 0 aliphatic carbocycles. The van der Waals surface area contributed by atoms with Gasteiger partial charge in [0.1, 0.15) is 11.8 Å². The number of hydrogen-bond donors (Lipinski definition) is 1. The Morgan fingerprint density at radius 3 is 2.37 bits per heavy atom. The zero-order chi connectivity index (χ0) is 20.4. The number of carbonyl (C=O) groups is 1. The van der Waals surface area contributed by atoms with E-state index in [1.807, 2.05) is 0 Å². The number of nitrogens with one attached hydrogen (secondary N) is 1. The Morgan fingerprint density at radius 1 is 1.19 bits per heavy atom. The highest BCUT2D eigenvalue weighted by atomic mass is 35.5. The largest absolute Gasteiger partial charge is 0.495 e. The quantitative estimate of drug-likeness (QED) is 0.779. The summed E-state index contributed by atoms with van der Waals surface area (Å²) in [5.74, 6) is -2.64. The van der Waals surface area contributed by atoms with Gasteiger partial charge in [0.2, 0.25) is 15.9 Å². The number of carbonyl (C=O) groups excluding carboxylic acids is 1. The number of rotatable bonds is 6. The van der Waals surface area contributed by atoms with Crippen LogP contribution in [0.2, 0.25) is 5.02 Å². The van der Waals surface area contributed by atoms with Gasteiger partial charge in [-0.15, -0.1) is 0 Å². The number of nitrogens with zero attached hydrogens (tertiary/aromatic N) is 1. The van der Waals surface area contributed by atoms with Crippen LogP contribution < -0.4 is 14.4 Å². The van der Waals surface area contributed by atoms with Gasteiger partial charge in [0.25, 0.3) is 0 Å². The molecule has 0 radical (unpaired) electrons. The van der Waals surface area contributed by atoms with E-state index in [9.17, 15) is 22.0 Å². The van der Waals surface area contributed by atoms with Crippen molar-refractivity contribution in [2.75, 3.05) is 23.0 Å². The number of anilines is 2. The number of halogens is 3. The molecule has 1 amide bonds. The zero-order valence-electron chi connectivity index (χ0n) is 14.7. The van der Waals surface area contributed by atoms with Gasteiger partial charge in [-0.2, -0.15) is 0 Å². The van der Waals surface area contributed by atoms with E-state index >= 15 is 0 Å². The Bertz CT molecular complexity index is 969. The molecular weight excluding hydrogens is 402 g/mol. The Labute approximate surface area is 160 Å². The monoisotopic (exact) mass is 418 g/mol. The number of ether oxygens (including phenoxy) is 1. The van der Waals surface area contributed by atoms with Gasteiger partial charge in [0.15, 0.2) is 11.6 Å². The molecule has 146 valence electrons. The van der Waals surface area contributed by atoms with Crippen LogP contribution in [0.25, 0.3) is 0 Å². The van der Waals surface area contributed by atoms with Crippen molar-refractivity contribution in [1.29, 1.82) is 0 Å². The molecule has 0 bridgehead atoms. The Balaban J connectivity index is 2.32. The van der Waals surface area contributed by atoms with Crippen molar-refractivity contribution >= 4 is 38.9 Å². The first-order valence-electron chi connectivity index (χ1n) is 7.63. The predicted octanol–water partition coefficient (Wildman–Crippen LogP) is 3.42. The highest BCUT2D eigenvalue weighted by Gasteiger charge is 2.30. The van der Waals surface area contributed by atoms with Gasteiger partial charge in [-0.25, -0.2) is 17.2 Å². The molecule has 6 nitrogen and oxygen atoms in total. The molecular formula is C17H17ClF2N2O4S. The summed E-state index contributed by atoms with van der Waals surface area (Å²) in [6.45, 7) is 1.32. The van der Waals surface area contributed by atoms with Crippen LogP contribution in [0.15, 0.2) is 36.4 Å². The molecule has 0 aromatic heterocycles. The van der Waals surface area contributed by atoms with Crippen LogP contribution in [-0.2, 0) is 14.8 Å². The Kier molecular flexibility index (Phi) is 6.27. The SMILES string of the molecule is COc1ccc(NC(=O)[C@H](C)N(c2ccc(F)c(F)c2)S(C)(=O)=O)cc1Cl. The van der Waals surface area contributed by atoms with Crippen LogP contribution in [0.5, 0.6) is 5.75 Å². The summed E-state index contributed by atoms with van der Waals surface area (Å²) < 4.78 is 56.7. The first-order valence-corrected chi connectivity index (χ1v) is 9.86. The van der Waals surface area contributed by atoms with Gasteiger partial charge in [-0.05, 0) is 37.3 Å². The van der Waals surface area contributed by atoms with Crippen LogP contribution in [-0.4, -0.2) is 33.7 Å². The summed E-state index contributed by atoms with van der Waals surface area (Å²) in [5.41, 5.74) is 0.142. The second-order valence-electron chi connectivity index (χ2n) is 5.67. The lowest BCUT2D eigenvalue weighted by Gasteiger charge is -2.28. The molecule has 0 fully saturated rings. The fourth-order valence-electron chi connectivity index (χ4n) is 2.42. The minimum Gasteiger partial charge on any atom is -0.495 e. The summed E-state index contributed by atoms with van der Waals surface area (Å²) in [5, 5.41) is 2.78. The van der Waals surface area contributed by atoms with E-state index in [-0.39, 0.29) is 10.7 Å². The second kappa shape index (κ2) is 8.10. The fourth-order valence-corrected chi connectivity index (χ4v) is 3.85. The minimum atomic E-state index is -3.97. The number of methoxy groups -OCH3 is 1. The molecule has 2 aromatic rings. The normalized spacial score (nSPS) is 12.4. The van der Waals surface area contributed by atoms with Crippen molar-refractivity contribution in [3.63, 3.8) is 0 Å². The first-order chi connectivity index (χ1) is 12.5. The smallest absolute Gasteiger partial charge is 0.247 e. The fraction of sp³-hybridized carbons (Fsp3) is 0.235. The maximum Gasteiger partial charge on any atom is 0.247 e. The van der Waals surface area contributed by atoms with Crippen molar-refractivity contribution in [2.24, 2.45) is 0 Å². The van der Waals surface area contributed by atoms with Crippen LogP contribution in [0, 0.1) is 11.6 Å². The summed E-state index contributed by atoms with van der Waals surface area (Å²) >= 11 is 6.00. The van der Waals surface area contributed by atoms with E-state index in [1.54, 1.807) is 0 Å².